The molecular formula is C19H32N2. The molecule has 3 unspecified atom stereocenters. The molecule has 0 bridgehead atoms. The Morgan fingerprint density at radius 1 is 1.19 bits per heavy atom. The van der Waals surface area contributed by atoms with E-state index in [1.807, 2.05) is 0 Å². The van der Waals surface area contributed by atoms with Crippen LogP contribution < -0.4 is 5.73 Å². The molecule has 0 saturated heterocycles. The standard InChI is InChI=1S/C19H32N2/c1-16-9-7-8-12-18(16)21(3)19(2,15-20)14-13-17-10-5-4-6-11-17/h4-6,10-11,16,18H,7-9,12-15,20H2,1-3H3. The zero-order valence-electron chi connectivity index (χ0n) is 14.0. The van der Waals surface area contributed by atoms with Crippen LogP contribution in [0.5, 0.6) is 0 Å². The minimum Gasteiger partial charge on any atom is -0.329 e. The molecule has 0 aromatic heterocycles. The van der Waals surface area contributed by atoms with Crippen LogP contribution in [0, 0.1) is 5.92 Å². The first-order valence-corrected chi connectivity index (χ1v) is 8.54. The lowest BCUT2D eigenvalue weighted by Crippen LogP contribution is -2.56. The van der Waals surface area contributed by atoms with Crippen LogP contribution in [0.25, 0.3) is 0 Å². The summed E-state index contributed by atoms with van der Waals surface area (Å²) >= 11 is 0. The first-order valence-electron chi connectivity index (χ1n) is 8.54. The molecule has 2 heteroatoms. The minimum atomic E-state index is 0.103. The molecule has 1 aromatic carbocycles. The van der Waals surface area contributed by atoms with Gasteiger partial charge in [0.2, 0.25) is 0 Å². The average Bonchev–Trinajstić information content (AvgIpc) is 2.53. The van der Waals surface area contributed by atoms with Gasteiger partial charge in [0.25, 0.3) is 0 Å². The lowest BCUT2D eigenvalue weighted by atomic mass is 9.81. The van der Waals surface area contributed by atoms with Crippen molar-refractivity contribution in [3.63, 3.8) is 0 Å². The summed E-state index contributed by atoms with van der Waals surface area (Å²) in [7, 11) is 2.30. The van der Waals surface area contributed by atoms with Gasteiger partial charge in [-0.1, -0.05) is 50.1 Å². The lowest BCUT2D eigenvalue weighted by Gasteiger charge is -2.47. The Bertz CT molecular complexity index is 417. The molecule has 2 N–H and O–H groups in total. The fourth-order valence-electron chi connectivity index (χ4n) is 3.75. The van der Waals surface area contributed by atoms with Gasteiger partial charge in [-0.05, 0) is 51.1 Å². The van der Waals surface area contributed by atoms with E-state index in [0.717, 1.165) is 25.3 Å². The molecule has 0 spiro atoms. The van der Waals surface area contributed by atoms with Gasteiger partial charge in [-0.2, -0.15) is 0 Å². The summed E-state index contributed by atoms with van der Waals surface area (Å²) in [6.07, 6.45) is 7.72. The van der Waals surface area contributed by atoms with Crippen molar-refractivity contribution >= 4 is 0 Å². The monoisotopic (exact) mass is 288 g/mol. The molecule has 2 nitrogen and oxygen atoms in total. The van der Waals surface area contributed by atoms with Gasteiger partial charge >= 0.3 is 0 Å². The summed E-state index contributed by atoms with van der Waals surface area (Å²) in [6.45, 7) is 5.49. The summed E-state index contributed by atoms with van der Waals surface area (Å²) in [5.74, 6) is 0.798. The van der Waals surface area contributed by atoms with Crippen LogP contribution in [0.2, 0.25) is 0 Å². The van der Waals surface area contributed by atoms with E-state index in [1.54, 1.807) is 0 Å². The van der Waals surface area contributed by atoms with E-state index in [9.17, 15) is 0 Å². The second-order valence-electron chi connectivity index (χ2n) is 7.13. The highest BCUT2D eigenvalue weighted by Crippen LogP contribution is 2.32. The summed E-state index contributed by atoms with van der Waals surface area (Å²) in [5.41, 5.74) is 7.70. The van der Waals surface area contributed by atoms with Gasteiger partial charge in [-0.3, -0.25) is 4.90 Å². The molecule has 1 saturated carbocycles. The van der Waals surface area contributed by atoms with Crippen molar-refractivity contribution in [2.45, 2.75) is 64.0 Å². The van der Waals surface area contributed by atoms with E-state index in [-0.39, 0.29) is 5.54 Å². The number of nitrogens with zero attached hydrogens (tertiary/aromatic N) is 1. The van der Waals surface area contributed by atoms with Crippen LogP contribution in [-0.2, 0) is 6.42 Å². The third-order valence-electron chi connectivity index (χ3n) is 5.65. The molecule has 0 amide bonds. The fourth-order valence-corrected chi connectivity index (χ4v) is 3.75. The van der Waals surface area contributed by atoms with Gasteiger partial charge < -0.3 is 5.73 Å². The molecular weight excluding hydrogens is 256 g/mol. The highest BCUT2D eigenvalue weighted by molar-refractivity contribution is 5.15. The summed E-state index contributed by atoms with van der Waals surface area (Å²) in [5, 5.41) is 0. The average molecular weight is 288 g/mol. The molecule has 1 aliphatic rings. The van der Waals surface area contributed by atoms with E-state index in [4.69, 9.17) is 5.73 Å². The second-order valence-corrected chi connectivity index (χ2v) is 7.13. The Hall–Kier alpha value is -0.860. The molecule has 1 aliphatic carbocycles. The van der Waals surface area contributed by atoms with Crippen LogP contribution in [-0.4, -0.2) is 30.1 Å². The van der Waals surface area contributed by atoms with E-state index in [0.29, 0.717) is 6.04 Å². The molecule has 0 heterocycles. The highest BCUT2D eigenvalue weighted by Gasteiger charge is 2.35. The largest absolute Gasteiger partial charge is 0.329 e. The van der Waals surface area contributed by atoms with Crippen LogP contribution in [0.15, 0.2) is 30.3 Å². The zero-order valence-corrected chi connectivity index (χ0v) is 14.0. The highest BCUT2D eigenvalue weighted by atomic mass is 15.2. The second kappa shape index (κ2) is 7.42. The smallest absolute Gasteiger partial charge is 0.0306 e. The molecule has 1 aromatic rings. The predicted octanol–water partition coefficient (Wildman–Crippen LogP) is 3.85. The SMILES string of the molecule is CC1CCCCC1N(C)C(C)(CN)CCc1ccccc1. The van der Waals surface area contributed by atoms with E-state index in [2.05, 4.69) is 56.1 Å². The van der Waals surface area contributed by atoms with Gasteiger partial charge in [0, 0.05) is 18.1 Å². The Labute approximate surface area is 130 Å². The summed E-state index contributed by atoms with van der Waals surface area (Å²) < 4.78 is 0. The molecule has 1 fully saturated rings. The van der Waals surface area contributed by atoms with Crippen molar-refractivity contribution in [1.82, 2.24) is 4.90 Å². The third-order valence-corrected chi connectivity index (χ3v) is 5.65. The van der Waals surface area contributed by atoms with E-state index in [1.165, 1.54) is 31.2 Å². The number of hydrogen-bond donors (Lipinski definition) is 1. The molecule has 0 aliphatic heterocycles. The number of rotatable bonds is 6. The van der Waals surface area contributed by atoms with Gasteiger partial charge in [0.05, 0.1) is 0 Å². The fraction of sp³-hybridized carbons (Fsp3) is 0.684. The topological polar surface area (TPSA) is 29.3 Å². The van der Waals surface area contributed by atoms with Crippen molar-refractivity contribution in [1.29, 1.82) is 0 Å². The number of likely N-dealkylation sites (N-methyl/N-ethyl adjacent to an activating group) is 1. The van der Waals surface area contributed by atoms with Crippen LogP contribution in [0.1, 0.15) is 51.5 Å². The number of benzene rings is 1. The number of aryl methyl sites for hydroxylation is 1. The van der Waals surface area contributed by atoms with Crippen molar-refractivity contribution in [3.8, 4) is 0 Å². The molecule has 3 atom stereocenters. The van der Waals surface area contributed by atoms with Gasteiger partial charge in [-0.15, -0.1) is 0 Å². The first-order chi connectivity index (χ1) is 10.1. The zero-order chi connectivity index (χ0) is 15.3. The minimum absolute atomic E-state index is 0.103. The van der Waals surface area contributed by atoms with Crippen molar-refractivity contribution < 1.29 is 0 Å². The Balaban J connectivity index is 2.01. The maximum Gasteiger partial charge on any atom is 0.0306 e. The van der Waals surface area contributed by atoms with Crippen molar-refractivity contribution in [2.24, 2.45) is 11.7 Å². The quantitative estimate of drug-likeness (QED) is 0.861. The Morgan fingerprint density at radius 3 is 2.48 bits per heavy atom. The Kier molecular flexibility index (Phi) is 5.83. The van der Waals surface area contributed by atoms with Crippen LogP contribution >= 0.6 is 0 Å². The normalized spacial score (nSPS) is 25.8. The molecule has 2 rings (SSSR count). The van der Waals surface area contributed by atoms with Gasteiger partial charge in [0.1, 0.15) is 0 Å². The summed E-state index contributed by atoms with van der Waals surface area (Å²) in [6, 6.07) is 11.5. The van der Waals surface area contributed by atoms with Crippen LogP contribution in [0.3, 0.4) is 0 Å². The van der Waals surface area contributed by atoms with Crippen molar-refractivity contribution in [3.05, 3.63) is 35.9 Å². The Morgan fingerprint density at radius 2 is 1.86 bits per heavy atom. The number of hydrogen-bond acceptors (Lipinski definition) is 2. The first kappa shape index (κ1) is 16.5. The lowest BCUT2D eigenvalue weighted by molar-refractivity contribution is 0.0370. The van der Waals surface area contributed by atoms with E-state index < -0.39 is 0 Å². The molecule has 0 radical (unpaired) electrons. The molecule has 21 heavy (non-hydrogen) atoms. The van der Waals surface area contributed by atoms with Gasteiger partial charge in [0.15, 0.2) is 0 Å². The van der Waals surface area contributed by atoms with Crippen LogP contribution in [0.4, 0.5) is 0 Å². The van der Waals surface area contributed by atoms with Crippen molar-refractivity contribution in [2.75, 3.05) is 13.6 Å². The molecule has 118 valence electrons. The number of nitrogens with two attached hydrogens (primary N) is 1. The predicted molar refractivity (Wildman–Crippen MR) is 91.4 cm³/mol. The van der Waals surface area contributed by atoms with E-state index >= 15 is 0 Å². The maximum atomic E-state index is 6.18. The third kappa shape index (κ3) is 4.08. The summed E-state index contributed by atoms with van der Waals surface area (Å²) in [4.78, 5) is 2.60. The van der Waals surface area contributed by atoms with Gasteiger partial charge in [-0.25, -0.2) is 0 Å². The maximum absolute atomic E-state index is 6.18.